The third-order valence-corrected chi connectivity index (χ3v) is 4.98. The predicted molar refractivity (Wildman–Crippen MR) is 114 cm³/mol. The first kappa shape index (κ1) is 18.3. The van der Waals surface area contributed by atoms with Crippen molar-refractivity contribution < 1.29 is 4.84 Å². The number of anilines is 2. The molecule has 0 amide bonds. The average molecular weight is 374 g/mol. The highest BCUT2D eigenvalue weighted by atomic mass is 16.6. The lowest BCUT2D eigenvalue weighted by molar-refractivity contribution is 0.156. The Balaban J connectivity index is 1.90. The van der Waals surface area contributed by atoms with E-state index < -0.39 is 0 Å². The molecule has 2 aromatic heterocycles. The number of nitrogens with zero attached hydrogens (tertiary/aromatic N) is 2. The lowest BCUT2D eigenvalue weighted by Crippen LogP contribution is -2.27. The number of pyridine rings is 1. The number of rotatable bonds is 5. The summed E-state index contributed by atoms with van der Waals surface area (Å²) >= 11 is 0. The number of benzene rings is 1. The first-order valence-electron chi connectivity index (χ1n) is 9.74. The average Bonchev–Trinajstić information content (AvgIpc) is 3.04. The molecule has 144 valence electrons. The van der Waals surface area contributed by atoms with Crippen LogP contribution in [0.25, 0.3) is 11.3 Å². The molecule has 1 aromatic carbocycles. The smallest absolute Gasteiger partial charge is 0.114 e. The maximum atomic E-state index is 5.48. The van der Waals surface area contributed by atoms with E-state index in [0.29, 0.717) is 6.61 Å². The van der Waals surface area contributed by atoms with Crippen molar-refractivity contribution in [3.63, 3.8) is 0 Å². The van der Waals surface area contributed by atoms with Crippen molar-refractivity contribution in [2.75, 3.05) is 11.9 Å². The van der Waals surface area contributed by atoms with Gasteiger partial charge in [-0.15, -0.1) is 0 Å². The minimum Gasteiger partial charge on any atom is -0.396 e. The third kappa shape index (κ3) is 3.65. The minimum atomic E-state index is 0.118. The van der Waals surface area contributed by atoms with Crippen LogP contribution in [-0.4, -0.2) is 22.3 Å². The van der Waals surface area contributed by atoms with Gasteiger partial charge >= 0.3 is 0 Å². The van der Waals surface area contributed by atoms with Crippen LogP contribution in [0, 0.1) is 5.41 Å². The summed E-state index contributed by atoms with van der Waals surface area (Å²) in [6.07, 6.45) is 5.47. The lowest BCUT2D eigenvalue weighted by Gasteiger charge is -2.30. The quantitative estimate of drug-likeness (QED) is 0.577. The summed E-state index contributed by atoms with van der Waals surface area (Å²) in [5.74, 6) is 0. The number of fused-ring (bicyclic) bond motifs is 1. The summed E-state index contributed by atoms with van der Waals surface area (Å²) in [5, 5.41) is 8.12. The summed E-state index contributed by atoms with van der Waals surface area (Å²) in [6, 6.07) is 14.3. The second-order valence-corrected chi connectivity index (χ2v) is 7.93. The van der Waals surface area contributed by atoms with E-state index in [0.717, 1.165) is 46.7 Å². The molecule has 0 spiro atoms. The molecule has 4 rings (SSSR count). The molecule has 0 unspecified atom stereocenters. The highest BCUT2D eigenvalue weighted by Gasteiger charge is 2.35. The van der Waals surface area contributed by atoms with Crippen LogP contribution in [0.3, 0.4) is 0 Å². The Hall–Kier alpha value is -3.08. The normalized spacial score (nSPS) is 16.6. The zero-order valence-electron chi connectivity index (χ0n) is 16.6. The zero-order chi connectivity index (χ0) is 19.6. The summed E-state index contributed by atoms with van der Waals surface area (Å²) in [5.41, 5.74) is 7.66. The van der Waals surface area contributed by atoms with Crippen LogP contribution < -0.4 is 5.32 Å². The molecule has 5 heteroatoms. The predicted octanol–water partition coefficient (Wildman–Crippen LogP) is 5.53. The number of hydrogen-bond donors (Lipinski definition) is 2. The second-order valence-electron chi connectivity index (χ2n) is 7.93. The molecular formula is C23H26N4O. The van der Waals surface area contributed by atoms with Gasteiger partial charge in [0.2, 0.25) is 0 Å². The Morgan fingerprint density at radius 3 is 2.57 bits per heavy atom. The minimum absolute atomic E-state index is 0.118. The molecule has 0 bridgehead atoms. The molecule has 1 aliphatic rings. The van der Waals surface area contributed by atoms with Crippen LogP contribution in [0.5, 0.6) is 0 Å². The maximum absolute atomic E-state index is 5.48. The number of para-hydroxylation sites is 1. The Morgan fingerprint density at radius 1 is 1.11 bits per heavy atom. The van der Waals surface area contributed by atoms with Gasteiger partial charge in [-0.2, -0.15) is 0 Å². The largest absolute Gasteiger partial charge is 0.396 e. The molecule has 0 aliphatic heterocycles. The van der Waals surface area contributed by atoms with Crippen molar-refractivity contribution in [2.45, 2.75) is 33.6 Å². The van der Waals surface area contributed by atoms with Gasteiger partial charge in [0.15, 0.2) is 0 Å². The third-order valence-electron chi connectivity index (χ3n) is 4.98. The summed E-state index contributed by atoms with van der Waals surface area (Å²) in [6.45, 7) is 7.06. The van der Waals surface area contributed by atoms with E-state index in [1.54, 1.807) is 0 Å². The van der Waals surface area contributed by atoms with Crippen LogP contribution in [0.2, 0.25) is 0 Å². The fourth-order valence-electron chi connectivity index (χ4n) is 3.83. The molecule has 0 atom stereocenters. The molecule has 0 radical (unpaired) electrons. The number of aromatic amines is 1. The molecule has 2 N–H and O–H groups in total. The van der Waals surface area contributed by atoms with Crippen molar-refractivity contribution in [1.29, 1.82) is 0 Å². The van der Waals surface area contributed by atoms with Crippen molar-refractivity contribution in [1.82, 2.24) is 9.97 Å². The van der Waals surface area contributed by atoms with Gasteiger partial charge in [-0.1, -0.05) is 37.2 Å². The Bertz CT molecular complexity index is 975. The van der Waals surface area contributed by atoms with Crippen LogP contribution in [-0.2, 0) is 11.3 Å². The Labute approximate surface area is 165 Å². The van der Waals surface area contributed by atoms with Crippen LogP contribution in [0.15, 0.2) is 60.0 Å². The maximum Gasteiger partial charge on any atom is 0.114 e. The SMILES string of the molecule is CCON=C1CC(C)(C)Cc2[nH]c(-c3ccncc3)c(Nc3ccccc3)c21. The molecule has 28 heavy (non-hydrogen) atoms. The van der Waals surface area contributed by atoms with Crippen LogP contribution >= 0.6 is 0 Å². The molecule has 5 nitrogen and oxygen atoms in total. The van der Waals surface area contributed by atoms with E-state index in [9.17, 15) is 0 Å². The second kappa shape index (κ2) is 7.50. The topological polar surface area (TPSA) is 62.3 Å². The van der Waals surface area contributed by atoms with Crippen LogP contribution in [0.4, 0.5) is 11.4 Å². The van der Waals surface area contributed by atoms with Gasteiger partial charge in [-0.05, 0) is 49.4 Å². The van der Waals surface area contributed by atoms with E-state index in [4.69, 9.17) is 4.84 Å². The zero-order valence-corrected chi connectivity index (χ0v) is 16.6. The number of aromatic nitrogens is 2. The standard InChI is InChI=1S/C23H26N4O/c1-4-28-27-19-15-23(2,3)14-18-20(19)22(25-17-8-6-5-7-9-17)21(26-18)16-10-12-24-13-11-16/h5-13,25-26H,4,14-15H2,1-3H3. The Morgan fingerprint density at radius 2 is 1.86 bits per heavy atom. The van der Waals surface area contributed by atoms with Gasteiger partial charge in [0.25, 0.3) is 0 Å². The van der Waals surface area contributed by atoms with Crippen molar-refractivity contribution >= 4 is 17.1 Å². The van der Waals surface area contributed by atoms with Crippen LogP contribution in [0.1, 0.15) is 38.4 Å². The van der Waals surface area contributed by atoms with E-state index in [2.05, 4.69) is 46.4 Å². The molecule has 0 saturated carbocycles. The first-order chi connectivity index (χ1) is 13.6. The first-order valence-corrected chi connectivity index (χ1v) is 9.74. The fourth-order valence-corrected chi connectivity index (χ4v) is 3.83. The Kier molecular flexibility index (Phi) is 4.90. The molecule has 1 aliphatic carbocycles. The number of nitrogens with one attached hydrogen (secondary N) is 2. The molecule has 0 fully saturated rings. The highest BCUT2D eigenvalue weighted by Crippen LogP contribution is 2.43. The number of H-pyrrole nitrogens is 1. The summed E-state index contributed by atoms with van der Waals surface area (Å²) < 4.78 is 0. The van der Waals surface area contributed by atoms with Crippen molar-refractivity contribution in [2.24, 2.45) is 10.6 Å². The lowest BCUT2D eigenvalue weighted by atomic mass is 9.75. The summed E-state index contributed by atoms with van der Waals surface area (Å²) in [4.78, 5) is 13.3. The monoisotopic (exact) mass is 374 g/mol. The van der Waals surface area contributed by atoms with E-state index >= 15 is 0 Å². The molecular weight excluding hydrogens is 348 g/mol. The van der Waals surface area contributed by atoms with E-state index in [1.807, 2.05) is 49.6 Å². The van der Waals surface area contributed by atoms with Gasteiger partial charge < -0.3 is 15.1 Å². The highest BCUT2D eigenvalue weighted by molar-refractivity contribution is 6.10. The van der Waals surface area contributed by atoms with Gasteiger partial charge in [0.1, 0.15) is 6.61 Å². The summed E-state index contributed by atoms with van der Waals surface area (Å²) in [7, 11) is 0. The van der Waals surface area contributed by atoms with E-state index in [1.165, 1.54) is 5.69 Å². The molecule has 3 aromatic rings. The van der Waals surface area contributed by atoms with Crippen molar-refractivity contribution in [3.05, 3.63) is 66.1 Å². The van der Waals surface area contributed by atoms with Gasteiger partial charge in [0, 0.05) is 34.9 Å². The molecule has 2 heterocycles. The number of hydrogen-bond acceptors (Lipinski definition) is 4. The van der Waals surface area contributed by atoms with Gasteiger partial charge in [0.05, 0.1) is 17.1 Å². The molecule has 0 saturated heterocycles. The fraction of sp³-hybridized carbons (Fsp3) is 0.304. The van der Waals surface area contributed by atoms with E-state index in [-0.39, 0.29) is 5.41 Å². The van der Waals surface area contributed by atoms with Gasteiger partial charge in [-0.3, -0.25) is 4.98 Å². The van der Waals surface area contributed by atoms with Gasteiger partial charge in [-0.25, -0.2) is 0 Å². The number of oxime groups is 1. The van der Waals surface area contributed by atoms with Crippen molar-refractivity contribution in [3.8, 4) is 11.3 Å².